The van der Waals surface area contributed by atoms with Crippen molar-refractivity contribution < 1.29 is 9.18 Å². The Hall–Kier alpha value is -0.660. The Morgan fingerprint density at radius 2 is 2.27 bits per heavy atom. The van der Waals surface area contributed by atoms with E-state index in [1.165, 1.54) is 0 Å². The SMILES string of the molecule is CCCCCC(=O)C1(F)CC2C=CC1C2. The summed E-state index contributed by atoms with van der Waals surface area (Å²) >= 11 is 0. The van der Waals surface area contributed by atoms with Crippen LogP contribution in [0.2, 0.25) is 0 Å². The van der Waals surface area contributed by atoms with E-state index >= 15 is 0 Å². The van der Waals surface area contributed by atoms with Gasteiger partial charge < -0.3 is 0 Å². The molecular formula is C13H19FO. The third-order valence-corrected chi connectivity index (χ3v) is 3.79. The predicted octanol–water partition coefficient (Wildman–Crippen LogP) is 3.44. The molecule has 0 spiro atoms. The summed E-state index contributed by atoms with van der Waals surface area (Å²) < 4.78 is 14.4. The number of carbonyl (C=O) groups excluding carboxylic acids is 1. The summed E-state index contributed by atoms with van der Waals surface area (Å²) in [6.07, 6.45) is 8.68. The van der Waals surface area contributed by atoms with E-state index < -0.39 is 5.67 Å². The van der Waals surface area contributed by atoms with Crippen LogP contribution in [0.25, 0.3) is 0 Å². The van der Waals surface area contributed by atoms with Crippen molar-refractivity contribution in [1.29, 1.82) is 0 Å². The Morgan fingerprint density at radius 3 is 2.80 bits per heavy atom. The number of halogens is 1. The first kappa shape index (κ1) is 10.8. The highest BCUT2D eigenvalue weighted by Gasteiger charge is 2.53. The average molecular weight is 210 g/mol. The van der Waals surface area contributed by atoms with Gasteiger partial charge in [0.1, 0.15) is 0 Å². The Kier molecular flexibility index (Phi) is 2.94. The minimum absolute atomic E-state index is 0.114. The zero-order valence-electron chi connectivity index (χ0n) is 9.34. The van der Waals surface area contributed by atoms with Crippen LogP contribution in [0, 0.1) is 11.8 Å². The van der Waals surface area contributed by atoms with E-state index in [4.69, 9.17) is 0 Å². The first-order valence-corrected chi connectivity index (χ1v) is 6.07. The number of allylic oxidation sites excluding steroid dienone is 2. The lowest BCUT2D eigenvalue weighted by molar-refractivity contribution is -0.132. The van der Waals surface area contributed by atoms with Crippen LogP contribution in [0.4, 0.5) is 4.39 Å². The van der Waals surface area contributed by atoms with E-state index in [0.717, 1.165) is 25.7 Å². The summed E-state index contributed by atoms with van der Waals surface area (Å²) in [5.41, 5.74) is -1.51. The van der Waals surface area contributed by atoms with Gasteiger partial charge in [0.2, 0.25) is 0 Å². The average Bonchev–Trinajstić information content (AvgIpc) is 2.78. The number of carbonyl (C=O) groups is 1. The molecule has 0 aromatic rings. The van der Waals surface area contributed by atoms with Crippen molar-refractivity contribution in [3.05, 3.63) is 12.2 Å². The molecule has 0 aromatic heterocycles. The van der Waals surface area contributed by atoms with Crippen molar-refractivity contribution in [3.8, 4) is 0 Å². The quantitative estimate of drug-likeness (QED) is 0.502. The molecule has 0 aliphatic heterocycles. The third kappa shape index (κ3) is 1.86. The highest BCUT2D eigenvalue weighted by molar-refractivity contribution is 5.88. The standard InChI is InChI=1S/C13H19FO/c1-2-3-4-5-12(15)13(14)9-10-6-7-11(13)8-10/h6-7,10-11H,2-5,8-9H2,1H3. The molecule has 0 saturated heterocycles. The second kappa shape index (κ2) is 4.07. The number of fused-ring (bicyclic) bond motifs is 2. The second-order valence-corrected chi connectivity index (χ2v) is 4.93. The van der Waals surface area contributed by atoms with Gasteiger partial charge in [-0.2, -0.15) is 0 Å². The molecule has 0 radical (unpaired) electrons. The van der Waals surface area contributed by atoms with Crippen molar-refractivity contribution in [1.82, 2.24) is 0 Å². The second-order valence-electron chi connectivity index (χ2n) is 4.93. The molecule has 3 atom stereocenters. The molecule has 2 rings (SSSR count). The molecule has 0 amide bonds. The molecule has 0 heterocycles. The third-order valence-electron chi connectivity index (χ3n) is 3.79. The van der Waals surface area contributed by atoms with Gasteiger partial charge in [-0.05, 0) is 25.2 Å². The largest absolute Gasteiger partial charge is 0.296 e. The summed E-state index contributed by atoms with van der Waals surface area (Å²) in [5, 5.41) is 0. The van der Waals surface area contributed by atoms with Crippen LogP contribution >= 0.6 is 0 Å². The molecule has 2 heteroatoms. The number of ketones is 1. The van der Waals surface area contributed by atoms with Crippen LogP contribution in [-0.4, -0.2) is 11.5 Å². The van der Waals surface area contributed by atoms with E-state index in [-0.39, 0.29) is 11.7 Å². The van der Waals surface area contributed by atoms with Crippen molar-refractivity contribution in [2.45, 2.75) is 51.1 Å². The summed E-state index contributed by atoms with van der Waals surface area (Å²) in [7, 11) is 0. The number of alkyl halides is 1. The van der Waals surface area contributed by atoms with Gasteiger partial charge in [0.15, 0.2) is 11.5 Å². The smallest absolute Gasteiger partial charge is 0.175 e. The van der Waals surface area contributed by atoms with Gasteiger partial charge in [-0.25, -0.2) is 4.39 Å². The predicted molar refractivity (Wildman–Crippen MR) is 58.3 cm³/mol. The molecule has 84 valence electrons. The van der Waals surface area contributed by atoms with Crippen LogP contribution in [0.3, 0.4) is 0 Å². The van der Waals surface area contributed by atoms with Crippen LogP contribution in [-0.2, 0) is 4.79 Å². The van der Waals surface area contributed by atoms with E-state index in [0.29, 0.717) is 18.8 Å². The maximum Gasteiger partial charge on any atom is 0.175 e. The minimum atomic E-state index is -1.51. The Bertz CT molecular complexity index is 284. The van der Waals surface area contributed by atoms with Gasteiger partial charge in [0.05, 0.1) is 0 Å². The Balaban J connectivity index is 1.92. The molecule has 2 aliphatic carbocycles. The number of unbranched alkanes of at least 4 members (excludes halogenated alkanes) is 2. The molecule has 1 nitrogen and oxygen atoms in total. The monoisotopic (exact) mass is 210 g/mol. The minimum Gasteiger partial charge on any atom is -0.296 e. The Morgan fingerprint density at radius 1 is 1.47 bits per heavy atom. The van der Waals surface area contributed by atoms with Crippen LogP contribution in [0.15, 0.2) is 12.2 Å². The highest BCUT2D eigenvalue weighted by atomic mass is 19.1. The summed E-state index contributed by atoms with van der Waals surface area (Å²) in [6.45, 7) is 2.09. The molecule has 2 aliphatic rings. The molecule has 2 bridgehead atoms. The van der Waals surface area contributed by atoms with Gasteiger partial charge in [0.25, 0.3) is 0 Å². The lowest BCUT2D eigenvalue weighted by Gasteiger charge is -2.25. The van der Waals surface area contributed by atoms with Gasteiger partial charge >= 0.3 is 0 Å². The van der Waals surface area contributed by atoms with Gasteiger partial charge in [-0.15, -0.1) is 0 Å². The lowest BCUT2D eigenvalue weighted by atomic mass is 9.84. The molecule has 1 saturated carbocycles. The zero-order valence-corrected chi connectivity index (χ0v) is 9.34. The van der Waals surface area contributed by atoms with Crippen LogP contribution in [0.1, 0.15) is 45.4 Å². The van der Waals surface area contributed by atoms with E-state index in [2.05, 4.69) is 13.0 Å². The summed E-state index contributed by atoms with van der Waals surface area (Å²) in [6, 6.07) is 0. The van der Waals surface area contributed by atoms with Crippen LogP contribution < -0.4 is 0 Å². The van der Waals surface area contributed by atoms with Gasteiger partial charge in [-0.3, -0.25) is 4.79 Å². The van der Waals surface area contributed by atoms with Crippen molar-refractivity contribution in [2.24, 2.45) is 11.8 Å². The van der Waals surface area contributed by atoms with Crippen molar-refractivity contribution >= 4 is 5.78 Å². The molecule has 15 heavy (non-hydrogen) atoms. The topological polar surface area (TPSA) is 17.1 Å². The normalized spacial score (nSPS) is 37.5. The molecule has 1 fully saturated rings. The fraction of sp³-hybridized carbons (Fsp3) is 0.769. The van der Waals surface area contributed by atoms with Gasteiger partial charge in [0, 0.05) is 12.3 Å². The lowest BCUT2D eigenvalue weighted by Crippen LogP contribution is -2.37. The molecule has 0 N–H and O–H groups in total. The molecule has 3 unspecified atom stereocenters. The number of hydrogen-bond donors (Lipinski definition) is 0. The highest BCUT2D eigenvalue weighted by Crippen LogP contribution is 2.49. The van der Waals surface area contributed by atoms with Crippen molar-refractivity contribution in [3.63, 3.8) is 0 Å². The van der Waals surface area contributed by atoms with Crippen LogP contribution in [0.5, 0.6) is 0 Å². The van der Waals surface area contributed by atoms with E-state index in [9.17, 15) is 9.18 Å². The fourth-order valence-corrected chi connectivity index (χ4v) is 2.86. The number of Topliss-reactive ketones (excluding diaryl/α,β-unsaturated/α-hetero) is 1. The first-order chi connectivity index (χ1) is 7.16. The number of hydrogen-bond acceptors (Lipinski definition) is 1. The first-order valence-electron chi connectivity index (χ1n) is 6.07. The zero-order chi connectivity index (χ0) is 10.9. The molecular weight excluding hydrogens is 191 g/mol. The maximum absolute atomic E-state index is 14.4. The fourth-order valence-electron chi connectivity index (χ4n) is 2.86. The van der Waals surface area contributed by atoms with Gasteiger partial charge in [-0.1, -0.05) is 31.9 Å². The van der Waals surface area contributed by atoms with E-state index in [1.54, 1.807) is 0 Å². The Labute approximate surface area is 90.7 Å². The van der Waals surface area contributed by atoms with Crippen molar-refractivity contribution in [2.75, 3.05) is 0 Å². The maximum atomic E-state index is 14.4. The summed E-state index contributed by atoms with van der Waals surface area (Å²) in [4.78, 5) is 11.8. The summed E-state index contributed by atoms with van der Waals surface area (Å²) in [5.74, 6) is 0.0690. The number of rotatable bonds is 5. The van der Waals surface area contributed by atoms with E-state index in [1.807, 2.05) is 6.08 Å². The molecule has 0 aromatic carbocycles.